The number of fused-ring (bicyclic) bond motifs is 1. The van der Waals surface area contributed by atoms with Crippen LogP contribution in [0.4, 0.5) is 5.13 Å². The first-order valence-corrected chi connectivity index (χ1v) is 12.3. The highest BCUT2D eigenvalue weighted by molar-refractivity contribution is 7.13. The van der Waals surface area contributed by atoms with Crippen LogP contribution in [0.25, 0.3) is 0 Å². The maximum atomic E-state index is 13.1. The molecule has 1 fully saturated rings. The second-order valence-corrected chi connectivity index (χ2v) is 9.65. The number of hydrogen-bond donors (Lipinski definition) is 1. The van der Waals surface area contributed by atoms with E-state index in [1.165, 1.54) is 16.2 Å². The minimum atomic E-state index is -0.324. The van der Waals surface area contributed by atoms with Crippen LogP contribution in [0.3, 0.4) is 0 Å². The van der Waals surface area contributed by atoms with Gasteiger partial charge in [0.05, 0.1) is 23.4 Å². The third kappa shape index (κ3) is 4.59. The van der Waals surface area contributed by atoms with Crippen molar-refractivity contribution in [2.75, 3.05) is 18.4 Å². The second kappa shape index (κ2) is 9.42. The predicted molar refractivity (Wildman–Crippen MR) is 131 cm³/mol. The topological polar surface area (TPSA) is 99.7 Å². The predicted octanol–water partition coefficient (Wildman–Crippen LogP) is 3.74. The van der Waals surface area contributed by atoms with Gasteiger partial charge in [-0.2, -0.15) is 0 Å². The summed E-state index contributed by atoms with van der Waals surface area (Å²) in [6, 6.07) is 13.8. The number of imide groups is 1. The summed E-state index contributed by atoms with van der Waals surface area (Å²) in [5.41, 5.74) is 2.89. The molecular formula is C26H24N4O4S. The summed E-state index contributed by atoms with van der Waals surface area (Å²) in [7, 11) is 0. The van der Waals surface area contributed by atoms with E-state index in [-0.39, 0.29) is 36.1 Å². The Bertz CT molecular complexity index is 1290. The lowest BCUT2D eigenvalue weighted by molar-refractivity contribution is -0.121. The molecule has 0 unspecified atom stereocenters. The molecule has 0 radical (unpaired) electrons. The van der Waals surface area contributed by atoms with Crippen LogP contribution in [0.15, 0.2) is 53.9 Å². The number of aromatic nitrogens is 1. The summed E-state index contributed by atoms with van der Waals surface area (Å²) in [5, 5.41) is 5.36. The van der Waals surface area contributed by atoms with Crippen molar-refractivity contribution in [3.63, 3.8) is 0 Å². The quantitative estimate of drug-likeness (QED) is 0.552. The normalized spacial score (nSPS) is 15.9. The van der Waals surface area contributed by atoms with E-state index in [1.807, 2.05) is 12.3 Å². The molecule has 2 aromatic carbocycles. The fourth-order valence-corrected chi connectivity index (χ4v) is 5.21. The third-order valence-electron chi connectivity index (χ3n) is 6.39. The van der Waals surface area contributed by atoms with Gasteiger partial charge < -0.3 is 10.2 Å². The lowest BCUT2D eigenvalue weighted by Gasteiger charge is -2.31. The fraction of sp³-hybridized carbons (Fsp3) is 0.269. The molecule has 4 amide bonds. The van der Waals surface area contributed by atoms with E-state index >= 15 is 0 Å². The zero-order valence-corrected chi connectivity index (χ0v) is 20.0. The van der Waals surface area contributed by atoms with E-state index < -0.39 is 0 Å². The molecule has 35 heavy (non-hydrogen) atoms. The number of amides is 4. The van der Waals surface area contributed by atoms with Crippen molar-refractivity contribution in [1.82, 2.24) is 14.8 Å². The molecule has 0 aliphatic carbocycles. The number of aryl methyl sites for hydroxylation is 1. The SMILES string of the molecule is Cc1csc(NC(=O)C2CCN(C(=O)c3cccc(CN4C(=O)c5ccccc5C4=O)c3)CC2)n1. The number of hydrogen-bond acceptors (Lipinski definition) is 6. The molecule has 0 spiro atoms. The van der Waals surface area contributed by atoms with Gasteiger partial charge in [0.15, 0.2) is 5.13 Å². The van der Waals surface area contributed by atoms with E-state index in [9.17, 15) is 19.2 Å². The van der Waals surface area contributed by atoms with Gasteiger partial charge in [-0.25, -0.2) is 4.98 Å². The number of piperidine rings is 1. The summed E-state index contributed by atoms with van der Waals surface area (Å²) in [6.07, 6.45) is 1.16. The van der Waals surface area contributed by atoms with Crippen LogP contribution < -0.4 is 5.32 Å². The van der Waals surface area contributed by atoms with E-state index in [4.69, 9.17) is 0 Å². The lowest BCUT2D eigenvalue weighted by Crippen LogP contribution is -2.41. The molecule has 2 aliphatic rings. The molecule has 3 aromatic rings. The Balaban J connectivity index is 1.20. The molecule has 8 nitrogen and oxygen atoms in total. The van der Waals surface area contributed by atoms with Gasteiger partial charge in [0, 0.05) is 30.0 Å². The molecule has 0 atom stereocenters. The average molecular weight is 489 g/mol. The molecule has 1 aromatic heterocycles. The largest absolute Gasteiger partial charge is 0.339 e. The third-order valence-corrected chi connectivity index (χ3v) is 7.27. The number of rotatable bonds is 5. The number of carbonyl (C=O) groups is 4. The molecule has 0 saturated carbocycles. The summed E-state index contributed by atoms with van der Waals surface area (Å²) in [4.78, 5) is 58.3. The number of nitrogens with zero attached hydrogens (tertiary/aromatic N) is 3. The lowest BCUT2D eigenvalue weighted by atomic mass is 9.95. The summed E-state index contributed by atoms with van der Waals surface area (Å²) < 4.78 is 0. The molecule has 5 rings (SSSR count). The Morgan fingerprint density at radius 3 is 2.34 bits per heavy atom. The minimum Gasteiger partial charge on any atom is -0.339 e. The molecule has 0 bridgehead atoms. The molecule has 1 saturated heterocycles. The molecule has 3 heterocycles. The molecule has 2 aliphatic heterocycles. The standard InChI is InChI=1S/C26H24N4O4S/c1-16-15-35-26(27-16)28-22(31)18-9-11-29(12-10-18)23(32)19-6-4-5-17(13-19)14-30-24(33)20-7-2-3-8-21(20)25(30)34/h2-8,13,15,18H,9-12,14H2,1H3,(H,27,28,31). The molecule has 1 N–H and O–H groups in total. The van der Waals surface area contributed by atoms with Gasteiger partial charge >= 0.3 is 0 Å². The first-order chi connectivity index (χ1) is 16.9. The zero-order chi connectivity index (χ0) is 24.5. The monoisotopic (exact) mass is 488 g/mol. The number of nitrogens with one attached hydrogen (secondary N) is 1. The highest BCUT2D eigenvalue weighted by atomic mass is 32.1. The van der Waals surface area contributed by atoms with Crippen molar-refractivity contribution >= 4 is 40.1 Å². The number of thiazole rings is 1. The van der Waals surface area contributed by atoms with Crippen molar-refractivity contribution in [2.45, 2.75) is 26.3 Å². The number of anilines is 1. The molecule has 178 valence electrons. The van der Waals surface area contributed by atoms with Gasteiger partial charge in [0.1, 0.15) is 0 Å². The van der Waals surface area contributed by atoms with Crippen molar-refractivity contribution in [3.8, 4) is 0 Å². The van der Waals surface area contributed by atoms with Crippen LogP contribution in [0.5, 0.6) is 0 Å². The summed E-state index contributed by atoms with van der Waals surface area (Å²) >= 11 is 1.40. The van der Waals surface area contributed by atoms with E-state index in [0.717, 1.165) is 5.69 Å². The van der Waals surface area contributed by atoms with Crippen LogP contribution in [0, 0.1) is 12.8 Å². The Hall–Kier alpha value is -3.85. The van der Waals surface area contributed by atoms with E-state index in [1.54, 1.807) is 53.4 Å². The Morgan fingerprint density at radius 2 is 1.71 bits per heavy atom. The van der Waals surface area contributed by atoms with Crippen molar-refractivity contribution in [3.05, 3.63) is 81.9 Å². The van der Waals surface area contributed by atoms with Crippen LogP contribution in [-0.4, -0.2) is 51.5 Å². The summed E-state index contributed by atoms with van der Waals surface area (Å²) in [6.45, 7) is 2.95. The maximum Gasteiger partial charge on any atom is 0.261 e. The zero-order valence-electron chi connectivity index (χ0n) is 19.2. The molecule has 9 heteroatoms. The van der Waals surface area contributed by atoms with Gasteiger partial charge in [0.2, 0.25) is 5.91 Å². The first-order valence-electron chi connectivity index (χ1n) is 11.5. The fourth-order valence-electron chi connectivity index (χ4n) is 4.51. The smallest absolute Gasteiger partial charge is 0.261 e. The average Bonchev–Trinajstić information content (AvgIpc) is 3.40. The number of likely N-dealkylation sites (tertiary alicyclic amines) is 1. The van der Waals surface area contributed by atoms with Gasteiger partial charge in [-0.1, -0.05) is 24.3 Å². The number of carbonyl (C=O) groups excluding carboxylic acids is 4. The van der Waals surface area contributed by atoms with Crippen LogP contribution in [0.2, 0.25) is 0 Å². The van der Waals surface area contributed by atoms with Crippen LogP contribution in [-0.2, 0) is 11.3 Å². The second-order valence-electron chi connectivity index (χ2n) is 8.79. The van der Waals surface area contributed by atoms with E-state index in [2.05, 4.69) is 10.3 Å². The first kappa shape index (κ1) is 22.9. The van der Waals surface area contributed by atoms with E-state index in [0.29, 0.717) is 53.3 Å². The Labute approximate surface area is 206 Å². The molecular weight excluding hydrogens is 464 g/mol. The van der Waals surface area contributed by atoms with Crippen molar-refractivity contribution in [2.24, 2.45) is 5.92 Å². The van der Waals surface area contributed by atoms with Crippen molar-refractivity contribution < 1.29 is 19.2 Å². The van der Waals surface area contributed by atoms with Crippen LogP contribution >= 0.6 is 11.3 Å². The number of benzene rings is 2. The highest BCUT2D eigenvalue weighted by Crippen LogP contribution is 2.26. The van der Waals surface area contributed by atoms with Crippen LogP contribution in [0.1, 0.15) is 55.2 Å². The van der Waals surface area contributed by atoms with Gasteiger partial charge in [0.25, 0.3) is 17.7 Å². The van der Waals surface area contributed by atoms with Gasteiger partial charge in [-0.05, 0) is 49.6 Å². The van der Waals surface area contributed by atoms with Gasteiger partial charge in [-0.3, -0.25) is 24.1 Å². The summed E-state index contributed by atoms with van der Waals surface area (Å²) in [5.74, 6) is -0.993. The Kier molecular flexibility index (Phi) is 6.17. The highest BCUT2D eigenvalue weighted by Gasteiger charge is 2.35. The maximum absolute atomic E-state index is 13.1. The Morgan fingerprint density at radius 1 is 1.03 bits per heavy atom. The van der Waals surface area contributed by atoms with Gasteiger partial charge in [-0.15, -0.1) is 11.3 Å². The minimum absolute atomic E-state index is 0.0607. The van der Waals surface area contributed by atoms with Crippen molar-refractivity contribution in [1.29, 1.82) is 0 Å².